The number of aldehydes is 1. The van der Waals surface area contributed by atoms with Crippen molar-refractivity contribution in [2.24, 2.45) is 0 Å². The molecule has 0 saturated heterocycles. The van der Waals surface area contributed by atoms with Crippen LogP contribution in [0.3, 0.4) is 0 Å². The number of carbonyl (C=O) groups excluding carboxylic acids is 1. The van der Waals surface area contributed by atoms with Crippen molar-refractivity contribution in [2.75, 3.05) is 0 Å². The number of fused-ring (bicyclic) bond motifs is 1. The molecule has 0 radical (unpaired) electrons. The molecule has 0 spiro atoms. The van der Waals surface area contributed by atoms with Crippen LogP contribution in [0.15, 0.2) is 55.2 Å². The molecule has 0 aliphatic rings. The molecule has 0 unspecified atom stereocenters. The minimum Gasteiger partial charge on any atom is -0.488 e. The van der Waals surface area contributed by atoms with Gasteiger partial charge in [0.15, 0.2) is 6.29 Å². The summed E-state index contributed by atoms with van der Waals surface area (Å²) >= 11 is 0. The second-order valence-electron chi connectivity index (χ2n) is 6.61. The van der Waals surface area contributed by atoms with Gasteiger partial charge in [-0.3, -0.25) is 14.5 Å². The number of benzene rings is 1. The molecule has 0 N–H and O–H groups in total. The van der Waals surface area contributed by atoms with Crippen molar-refractivity contribution in [1.82, 2.24) is 24.7 Å². The fourth-order valence-corrected chi connectivity index (χ4v) is 3.16. The highest BCUT2D eigenvalue weighted by molar-refractivity contribution is 5.98. The topological polar surface area (TPSA) is 82.8 Å². The maximum absolute atomic E-state index is 11.7. The average molecular weight is 373 g/mol. The van der Waals surface area contributed by atoms with Crippen LogP contribution in [0, 0.1) is 0 Å². The largest absolute Gasteiger partial charge is 0.488 e. The van der Waals surface area contributed by atoms with Crippen LogP contribution in [0.25, 0.3) is 22.3 Å². The van der Waals surface area contributed by atoms with Gasteiger partial charge in [-0.15, -0.1) is 0 Å². The number of rotatable bonds is 6. The van der Waals surface area contributed by atoms with Crippen LogP contribution < -0.4 is 4.74 Å². The van der Waals surface area contributed by atoms with Gasteiger partial charge < -0.3 is 4.74 Å². The lowest BCUT2D eigenvalue weighted by Crippen LogP contribution is -2.08. The van der Waals surface area contributed by atoms with Crippen molar-refractivity contribution < 1.29 is 9.53 Å². The summed E-state index contributed by atoms with van der Waals surface area (Å²) in [6, 6.07) is 9.56. The lowest BCUT2D eigenvalue weighted by molar-refractivity contribution is 0.112. The molecule has 0 aliphatic heterocycles. The van der Waals surface area contributed by atoms with E-state index in [0.29, 0.717) is 22.2 Å². The predicted octanol–water partition coefficient (Wildman–Crippen LogP) is 3.86. The van der Waals surface area contributed by atoms with Gasteiger partial charge in [0.05, 0.1) is 22.5 Å². The van der Waals surface area contributed by atoms with Crippen LogP contribution >= 0.6 is 0 Å². The van der Waals surface area contributed by atoms with E-state index < -0.39 is 0 Å². The molecule has 0 amide bonds. The van der Waals surface area contributed by atoms with Crippen LogP contribution in [0.4, 0.5) is 0 Å². The van der Waals surface area contributed by atoms with Crippen molar-refractivity contribution in [3.05, 3.63) is 66.4 Å². The molecule has 7 nitrogen and oxygen atoms in total. The summed E-state index contributed by atoms with van der Waals surface area (Å²) in [6.07, 6.45) is 7.37. The molecule has 0 saturated carbocycles. The van der Waals surface area contributed by atoms with E-state index in [2.05, 4.69) is 33.9 Å². The minimum atomic E-state index is 0.211. The number of nitrogens with zero attached hydrogens (tertiary/aromatic N) is 5. The van der Waals surface area contributed by atoms with E-state index in [4.69, 9.17) is 4.74 Å². The molecule has 3 aromatic heterocycles. The van der Waals surface area contributed by atoms with Crippen molar-refractivity contribution in [2.45, 2.75) is 26.5 Å². The SMILES string of the molecule is CC(C)n1nccc1-c1ncccc1COc1ccc2ncncc2c1C=O. The average Bonchev–Trinajstić information content (AvgIpc) is 3.22. The Labute approximate surface area is 162 Å². The van der Waals surface area contributed by atoms with E-state index in [1.165, 1.54) is 6.33 Å². The number of carbonyl (C=O) groups is 1. The van der Waals surface area contributed by atoms with Crippen LogP contribution in [0.5, 0.6) is 5.75 Å². The molecule has 28 heavy (non-hydrogen) atoms. The van der Waals surface area contributed by atoms with E-state index in [1.807, 2.05) is 28.9 Å². The standard InChI is InChI=1S/C21H19N5O2/c1-14(2)26-19(7-9-25-26)21-15(4-3-8-23-21)12-28-20-6-5-18-16(17(20)11-27)10-22-13-24-18/h3-11,13-14H,12H2,1-2H3. The predicted molar refractivity (Wildman–Crippen MR) is 105 cm³/mol. The highest BCUT2D eigenvalue weighted by atomic mass is 16.5. The first kappa shape index (κ1) is 17.8. The number of aromatic nitrogens is 5. The van der Waals surface area contributed by atoms with Gasteiger partial charge in [0, 0.05) is 35.6 Å². The molecular formula is C21H19N5O2. The van der Waals surface area contributed by atoms with Gasteiger partial charge in [0.1, 0.15) is 18.7 Å². The molecule has 7 heteroatoms. The maximum Gasteiger partial charge on any atom is 0.154 e. The summed E-state index contributed by atoms with van der Waals surface area (Å²) in [6.45, 7) is 4.42. The van der Waals surface area contributed by atoms with Gasteiger partial charge in [0.2, 0.25) is 0 Å². The second kappa shape index (κ2) is 7.56. The first-order chi connectivity index (χ1) is 13.7. The van der Waals surface area contributed by atoms with Crippen molar-refractivity contribution in [3.8, 4) is 17.1 Å². The zero-order chi connectivity index (χ0) is 19.5. The Morgan fingerprint density at radius 1 is 1.14 bits per heavy atom. The zero-order valence-corrected chi connectivity index (χ0v) is 15.6. The molecule has 4 aromatic rings. The third-order valence-electron chi connectivity index (χ3n) is 4.49. The lowest BCUT2D eigenvalue weighted by Gasteiger charge is -2.15. The molecular weight excluding hydrogens is 354 g/mol. The third kappa shape index (κ3) is 3.22. The molecule has 3 heterocycles. The van der Waals surface area contributed by atoms with Gasteiger partial charge in [-0.05, 0) is 38.1 Å². The van der Waals surface area contributed by atoms with Gasteiger partial charge in [-0.2, -0.15) is 5.10 Å². The van der Waals surface area contributed by atoms with E-state index in [-0.39, 0.29) is 12.6 Å². The monoisotopic (exact) mass is 373 g/mol. The summed E-state index contributed by atoms with van der Waals surface area (Å²) in [5.41, 5.74) is 3.79. The number of pyridine rings is 1. The first-order valence-corrected chi connectivity index (χ1v) is 8.97. The summed E-state index contributed by atoms with van der Waals surface area (Å²) in [4.78, 5) is 24.4. The summed E-state index contributed by atoms with van der Waals surface area (Å²) in [7, 11) is 0. The van der Waals surface area contributed by atoms with Crippen LogP contribution in [-0.2, 0) is 6.61 Å². The Morgan fingerprint density at radius 3 is 2.86 bits per heavy atom. The number of ether oxygens (including phenoxy) is 1. The van der Waals surface area contributed by atoms with Crippen molar-refractivity contribution in [3.63, 3.8) is 0 Å². The highest BCUT2D eigenvalue weighted by Gasteiger charge is 2.15. The Morgan fingerprint density at radius 2 is 2.04 bits per heavy atom. The molecule has 4 rings (SSSR count). The van der Waals surface area contributed by atoms with Crippen LogP contribution in [-0.4, -0.2) is 31.0 Å². The molecule has 0 atom stereocenters. The van der Waals surface area contributed by atoms with E-state index in [0.717, 1.165) is 23.2 Å². The molecule has 0 bridgehead atoms. The Balaban J connectivity index is 1.68. The zero-order valence-electron chi connectivity index (χ0n) is 15.6. The van der Waals surface area contributed by atoms with Gasteiger partial charge in [0.25, 0.3) is 0 Å². The Hall–Kier alpha value is -3.61. The Kier molecular flexibility index (Phi) is 4.80. The minimum absolute atomic E-state index is 0.211. The quantitative estimate of drug-likeness (QED) is 0.477. The third-order valence-corrected chi connectivity index (χ3v) is 4.49. The van der Waals surface area contributed by atoms with Gasteiger partial charge >= 0.3 is 0 Å². The van der Waals surface area contributed by atoms with Gasteiger partial charge in [-0.25, -0.2) is 9.97 Å². The van der Waals surface area contributed by atoms with Crippen molar-refractivity contribution >= 4 is 17.2 Å². The Bertz CT molecular complexity index is 1140. The smallest absolute Gasteiger partial charge is 0.154 e. The summed E-state index contributed by atoms with van der Waals surface area (Å²) < 4.78 is 7.93. The fraction of sp³-hybridized carbons (Fsp3) is 0.190. The van der Waals surface area contributed by atoms with Crippen LogP contribution in [0.1, 0.15) is 35.8 Å². The number of hydrogen-bond donors (Lipinski definition) is 0. The maximum atomic E-state index is 11.7. The lowest BCUT2D eigenvalue weighted by atomic mass is 10.1. The molecule has 140 valence electrons. The normalized spacial score (nSPS) is 11.1. The van der Waals surface area contributed by atoms with E-state index >= 15 is 0 Å². The summed E-state index contributed by atoms with van der Waals surface area (Å²) in [5.74, 6) is 0.490. The second-order valence-corrected chi connectivity index (χ2v) is 6.61. The molecule has 0 fully saturated rings. The number of hydrogen-bond acceptors (Lipinski definition) is 6. The molecule has 1 aromatic carbocycles. The van der Waals surface area contributed by atoms with E-state index in [1.54, 1.807) is 24.7 Å². The van der Waals surface area contributed by atoms with Crippen LogP contribution in [0.2, 0.25) is 0 Å². The van der Waals surface area contributed by atoms with Gasteiger partial charge in [-0.1, -0.05) is 6.07 Å². The highest BCUT2D eigenvalue weighted by Crippen LogP contribution is 2.28. The summed E-state index contributed by atoms with van der Waals surface area (Å²) in [5, 5.41) is 5.05. The first-order valence-electron chi connectivity index (χ1n) is 8.97. The molecule has 0 aliphatic carbocycles. The van der Waals surface area contributed by atoms with E-state index in [9.17, 15) is 4.79 Å². The van der Waals surface area contributed by atoms with Crippen molar-refractivity contribution in [1.29, 1.82) is 0 Å². The fourth-order valence-electron chi connectivity index (χ4n) is 3.16.